The maximum absolute atomic E-state index is 5.47. The van der Waals surface area contributed by atoms with E-state index in [-0.39, 0.29) is 0 Å². The Morgan fingerprint density at radius 2 is 2.05 bits per heavy atom. The van der Waals surface area contributed by atoms with E-state index in [4.69, 9.17) is 4.74 Å². The second-order valence-electron chi connectivity index (χ2n) is 5.61. The second kappa shape index (κ2) is 6.31. The lowest BCUT2D eigenvalue weighted by molar-refractivity contribution is 0.238. The molecule has 2 aromatic rings. The molecule has 3 rings (SSSR count). The van der Waals surface area contributed by atoms with Gasteiger partial charge in [0.25, 0.3) is 0 Å². The fourth-order valence-corrected chi connectivity index (χ4v) is 2.68. The van der Waals surface area contributed by atoms with Crippen LogP contribution < -0.4 is 4.74 Å². The molecule has 1 aliphatic carbocycles. The van der Waals surface area contributed by atoms with E-state index < -0.39 is 0 Å². The van der Waals surface area contributed by atoms with Crippen LogP contribution in [0.25, 0.3) is 0 Å². The molecular formula is C17H23N3O. The van der Waals surface area contributed by atoms with Crippen LogP contribution in [0.1, 0.15) is 31.0 Å². The number of aromatic nitrogens is 2. The van der Waals surface area contributed by atoms with Crippen LogP contribution >= 0.6 is 0 Å². The highest BCUT2D eigenvalue weighted by Crippen LogP contribution is 2.31. The molecule has 1 fully saturated rings. The van der Waals surface area contributed by atoms with E-state index >= 15 is 0 Å². The maximum atomic E-state index is 5.47. The molecule has 0 unspecified atom stereocenters. The van der Waals surface area contributed by atoms with Crippen molar-refractivity contribution in [3.63, 3.8) is 0 Å². The predicted octanol–water partition coefficient (Wildman–Crippen LogP) is 3.08. The van der Waals surface area contributed by atoms with Gasteiger partial charge in [-0.1, -0.05) is 18.2 Å². The molecule has 0 radical (unpaired) electrons. The number of ether oxygens (including phenoxy) is 1. The van der Waals surface area contributed by atoms with E-state index in [9.17, 15) is 0 Å². The van der Waals surface area contributed by atoms with Gasteiger partial charge in [0, 0.05) is 37.4 Å². The molecule has 1 saturated carbocycles. The van der Waals surface area contributed by atoms with Crippen molar-refractivity contribution in [2.75, 3.05) is 7.11 Å². The fourth-order valence-electron chi connectivity index (χ4n) is 2.68. The summed E-state index contributed by atoms with van der Waals surface area (Å²) in [4.78, 5) is 2.51. The van der Waals surface area contributed by atoms with Crippen LogP contribution in [0.3, 0.4) is 0 Å². The molecule has 1 aliphatic rings. The normalized spacial score (nSPS) is 14.6. The van der Waals surface area contributed by atoms with E-state index in [1.165, 1.54) is 18.4 Å². The zero-order chi connectivity index (χ0) is 14.7. The minimum atomic E-state index is 0.696. The van der Waals surface area contributed by atoms with Crippen molar-refractivity contribution in [1.29, 1.82) is 0 Å². The van der Waals surface area contributed by atoms with Crippen LogP contribution in [0.4, 0.5) is 0 Å². The molecular weight excluding hydrogens is 262 g/mol. The highest BCUT2D eigenvalue weighted by molar-refractivity contribution is 5.33. The number of rotatable bonds is 7. The van der Waals surface area contributed by atoms with Gasteiger partial charge in [-0.15, -0.1) is 0 Å². The SMILES string of the molecule is CCn1ccc(CN(Cc2ccccc2OC)C2CC2)n1. The summed E-state index contributed by atoms with van der Waals surface area (Å²) in [6, 6.07) is 11.1. The van der Waals surface area contributed by atoms with Crippen molar-refractivity contribution >= 4 is 0 Å². The highest BCUT2D eigenvalue weighted by atomic mass is 16.5. The lowest BCUT2D eigenvalue weighted by Gasteiger charge is -2.22. The highest BCUT2D eigenvalue weighted by Gasteiger charge is 2.29. The standard InChI is InChI=1S/C17H23N3O/c1-3-20-11-10-15(18-20)13-19(16-8-9-16)12-14-6-4-5-7-17(14)21-2/h4-7,10-11,16H,3,8-9,12-13H2,1-2H3. The molecule has 0 aliphatic heterocycles. The zero-order valence-corrected chi connectivity index (χ0v) is 12.8. The van der Waals surface area contributed by atoms with Crippen LogP contribution in [0.2, 0.25) is 0 Å². The van der Waals surface area contributed by atoms with E-state index in [1.807, 2.05) is 16.8 Å². The third-order valence-electron chi connectivity index (χ3n) is 4.01. The number of nitrogens with zero attached hydrogens (tertiary/aromatic N) is 3. The van der Waals surface area contributed by atoms with E-state index in [2.05, 4.69) is 41.3 Å². The van der Waals surface area contributed by atoms with Gasteiger partial charge in [-0.2, -0.15) is 5.10 Å². The Balaban J connectivity index is 1.72. The third-order valence-corrected chi connectivity index (χ3v) is 4.01. The van der Waals surface area contributed by atoms with Crippen molar-refractivity contribution < 1.29 is 4.74 Å². The minimum absolute atomic E-state index is 0.696. The molecule has 4 heteroatoms. The quantitative estimate of drug-likeness (QED) is 0.783. The molecule has 0 N–H and O–H groups in total. The van der Waals surface area contributed by atoms with E-state index in [1.54, 1.807) is 7.11 Å². The Morgan fingerprint density at radius 1 is 1.24 bits per heavy atom. The van der Waals surface area contributed by atoms with Crippen LogP contribution in [0.5, 0.6) is 5.75 Å². The summed E-state index contributed by atoms with van der Waals surface area (Å²) < 4.78 is 7.46. The molecule has 0 atom stereocenters. The van der Waals surface area contributed by atoms with Crippen molar-refractivity contribution in [2.24, 2.45) is 0 Å². The Kier molecular flexibility index (Phi) is 4.25. The summed E-state index contributed by atoms with van der Waals surface area (Å²) in [7, 11) is 1.74. The first kappa shape index (κ1) is 14.1. The van der Waals surface area contributed by atoms with Gasteiger partial charge in [0.15, 0.2) is 0 Å². The van der Waals surface area contributed by atoms with Crippen molar-refractivity contribution in [2.45, 2.75) is 45.4 Å². The van der Waals surface area contributed by atoms with Crippen LogP contribution in [0.15, 0.2) is 36.5 Å². The average Bonchev–Trinajstić information content (AvgIpc) is 3.27. The number of hydrogen-bond donors (Lipinski definition) is 0. The second-order valence-corrected chi connectivity index (χ2v) is 5.61. The largest absolute Gasteiger partial charge is 0.496 e. The molecule has 0 saturated heterocycles. The third kappa shape index (κ3) is 3.45. The number of aryl methyl sites for hydroxylation is 1. The molecule has 1 heterocycles. The number of benzene rings is 1. The molecule has 1 aromatic carbocycles. The molecule has 0 spiro atoms. The number of methoxy groups -OCH3 is 1. The summed E-state index contributed by atoms with van der Waals surface area (Å²) in [5.74, 6) is 0.974. The first-order valence-electron chi connectivity index (χ1n) is 7.68. The smallest absolute Gasteiger partial charge is 0.123 e. The number of para-hydroxylation sites is 1. The van der Waals surface area contributed by atoms with Gasteiger partial charge in [0.2, 0.25) is 0 Å². The summed E-state index contributed by atoms with van der Waals surface area (Å²) >= 11 is 0. The average molecular weight is 285 g/mol. The zero-order valence-electron chi connectivity index (χ0n) is 12.8. The van der Waals surface area contributed by atoms with Crippen molar-refractivity contribution in [3.05, 3.63) is 47.8 Å². The molecule has 0 amide bonds. The monoisotopic (exact) mass is 285 g/mol. The Hall–Kier alpha value is -1.81. The first-order chi connectivity index (χ1) is 10.3. The van der Waals surface area contributed by atoms with Gasteiger partial charge in [-0.25, -0.2) is 0 Å². The van der Waals surface area contributed by atoms with Crippen LogP contribution in [0, 0.1) is 0 Å². The fraction of sp³-hybridized carbons (Fsp3) is 0.471. The van der Waals surface area contributed by atoms with Gasteiger partial charge in [0.05, 0.1) is 12.8 Å². The van der Waals surface area contributed by atoms with E-state index in [0.717, 1.165) is 31.1 Å². The summed E-state index contributed by atoms with van der Waals surface area (Å²) in [5.41, 5.74) is 2.40. The predicted molar refractivity (Wildman–Crippen MR) is 83.2 cm³/mol. The van der Waals surface area contributed by atoms with Crippen molar-refractivity contribution in [3.8, 4) is 5.75 Å². The minimum Gasteiger partial charge on any atom is -0.496 e. The lowest BCUT2D eigenvalue weighted by Crippen LogP contribution is -2.25. The van der Waals surface area contributed by atoms with Gasteiger partial charge in [0.1, 0.15) is 5.75 Å². The molecule has 1 aromatic heterocycles. The number of hydrogen-bond acceptors (Lipinski definition) is 3. The Bertz CT molecular complexity index is 589. The summed E-state index contributed by atoms with van der Waals surface area (Å²) in [6.45, 7) is 4.88. The topological polar surface area (TPSA) is 30.3 Å². The van der Waals surface area contributed by atoms with Gasteiger partial charge >= 0.3 is 0 Å². The lowest BCUT2D eigenvalue weighted by atomic mass is 10.2. The van der Waals surface area contributed by atoms with Crippen LogP contribution in [-0.2, 0) is 19.6 Å². The summed E-state index contributed by atoms with van der Waals surface area (Å²) in [6.07, 6.45) is 4.65. The molecule has 112 valence electrons. The van der Waals surface area contributed by atoms with Gasteiger partial charge < -0.3 is 4.74 Å². The molecule has 0 bridgehead atoms. The first-order valence-corrected chi connectivity index (χ1v) is 7.68. The molecule has 21 heavy (non-hydrogen) atoms. The van der Waals surface area contributed by atoms with Crippen LogP contribution in [-0.4, -0.2) is 27.8 Å². The Morgan fingerprint density at radius 3 is 2.71 bits per heavy atom. The molecule has 4 nitrogen and oxygen atoms in total. The van der Waals surface area contributed by atoms with Gasteiger partial charge in [-0.05, 0) is 31.9 Å². The summed E-state index contributed by atoms with van der Waals surface area (Å²) in [5, 5.41) is 4.61. The Labute approximate surface area is 126 Å². The van der Waals surface area contributed by atoms with Gasteiger partial charge in [-0.3, -0.25) is 9.58 Å². The van der Waals surface area contributed by atoms with Crippen molar-refractivity contribution in [1.82, 2.24) is 14.7 Å². The maximum Gasteiger partial charge on any atom is 0.123 e. The van der Waals surface area contributed by atoms with E-state index in [0.29, 0.717) is 6.04 Å².